The summed E-state index contributed by atoms with van der Waals surface area (Å²) in [5.74, 6) is -3.65. The second-order valence-corrected chi connectivity index (χ2v) is 7.14. The van der Waals surface area contributed by atoms with E-state index in [0.717, 1.165) is 12.1 Å². The van der Waals surface area contributed by atoms with Crippen LogP contribution in [0.5, 0.6) is 0 Å². The molecule has 0 radical (unpaired) electrons. The van der Waals surface area contributed by atoms with E-state index in [1.165, 1.54) is 12.1 Å². The van der Waals surface area contributed by atoms with Crippen molar-refractivity contribution in [1.29, 1.82) is 0 Å². The van der Waals surface area contributed by atoms with Crippen molar-refractivity contribution in [2.24, 2.45) is 0 Å². The van der Waals surface area contributed by atoms with Crippen LogP contribution in [0.4, 0.5) is 8.78 Å². The summed E-state index contributed by atoms with van der Waals surface area (Å²) >= 11 is 3.17. The molecule has 3 nitrogen and oxygen atoms in total. The van der Waals surface area contributed by atoms with Crippen LogP contribution in [0.25, 0.3) is 0 Å². The van der Waals surface area contributed by atoms with Crippen molar-refractivity contribution in [3.63, 3.8) is 0 Å². The Balaban J connectivity index is 2.31. The molecule has 110 valence electrons. The molecule has 2 aromatic rings. The lowest BCUT2D eigenvalue weighted by Crippen LogP contribution is -2.17. The number of ketones is 1. The van der Waals surface area contributed by atoms with Crippen LogP contribution in [0.3, 0.4) is 0 Å². The van der Waals surface area contributed by atoms with E-state index in [-0.39, 0.29) is 5.56 Å². The van der Waals surface area contributed by atoms with Crippen molar-refractivity contribution in [2.45, 2.75) is 4.90 Å². The van der Waals surface area contributed by atoms with Crippen LogP contribution in [-0.4, -0.2) is 20.0 Å². The molecule has 0 heterocycles. The molecule has 0 atom stereocenters. The first-order valence-corrected chi connectivity index (χ1v) is 8.21. The Kier molecular flexibility index (Phi) is 4.53. The third-order valence-corrected chi connectivity index (χ3v) is 4.83. The standard InChI is InChI=1S/C14H9BrF2O3S/c15-10-3-1-2-9(6-10)13(18)8-21(19,20)14-5-4-11(16)7-12(14)17/h1-7H,8H2. The van der Waals surface area contributed by atoms with Gasteiger partial charge in [0.25, 0.3) is 0 Å². The van der Waals surface area contributed by atoms with Gasteiger partial charge < -0.3 is 0 Å². The molecule has 0 N–H and O–H groups in total. The average Bonchev–Trinajstić information content (AvgIpc) is 2.37. The fraction of sp³-hybridized carbons (Fsp3) is 0.0714. The van der Waals surface area contributed by atoms with Crippen LogP contribution in [0.2, 0.25) is 0 Å². The minimum absolute atomic E-state index is 0.190. The molecule has 2 rings (SSSR count). The molecule has 0 saturated heterocycles. The second-order valence-electron chi connectivity index (χ2n) is 4.27. The van der Waals surface area contributed by atoms with Gasteiger partial charge in [0.1, 0.15) is 22.3 Å². The van der Waals surface area contributed by atoms with Gasteiger partial charge in [-0.15, -0.1) is 0 Å². The SMILES string of the molecule is O=C(CS(=O)(=O)c1ccc(F)cc1F)c1cccc(Br)c1. The van der Waals surface area contributed by atoms with Gasteiger partial charge in [0.05, 0.1) is 0 Å². The molecular formula is C14H9BrF2O3S. The number of hydrogen-bond acceptors (Lipinski definition) is 3. The normalized spacial score (nSPS) is 11.4. The van der Waals surface area contributed by atoms with Crippen molar-refractivity contribution in [1.82, 2.24) is 0 Å². The maximum absolute atomic E-state index is 13.5. The van der Waals surface area contributed by atoms with Crippen molar-refractivity contribution in [2.75, 3.05) is 5.75 Å². The maximum atomic E-state index is 13.5. The third kappa shape index (κ3) is 3.74. The summed E-state index contributed by atoms with van der Waals surface area (Å²) in [5.41, 5.74) is 0.190. The molecule has 0 unspecified atom stereocenters. The van der Waals surface area contributed by atoms with Crippen molar-refractivity contribution in [3.05, 3.63) is 64.1 Å². The Morgan fingerprint density at radius 2 is 1.81 bits per heavy atom. The van der Waals surface area contributed by atoms with E-state index in [1.54, 1.807) is 12.1 Å². The molecule has 0 saturated carbocycles. The van der Waals surface area contributed by atoms with Crippen LogP contribution < -0.4 is 0 Å². The highest BCUT2D eigenvalue weighted by atomic mass is 79.9. The Bertz CT molecular complexity index is 804. The Hall–Kier alpha value is -1.60. The molecule has 0 bridgehead atoms. The molecule has 7 heteroatoms. The summed E-state index contributed by atoms with van der Waals surface area (Å²) < 4.78 is 51.0. The summed E-state index contributed by atoms with van der Waals surface area (Å²) in [6, 6.07) is 8.32. The molecule has 21 heavy (non-hydrogen) atoms. The lowest BCUT2D eigenvalue weighted by atomic mass is 10.2. The topological polar surface area (TPSA) is 51.2 Å². The zero-order valence-corrected chi connectivity index (χ0v) is 12.9. The first-order valence-electron chi connectivity index (χ1n) is 5.76. The first kappa shape index (κ1) is 15.8. The van der Waals surface area contributed by atoms with Crippen molar-refractivity contribution >= 4 is 31.6 Å². The van der Waals surface area contributed by atoms with Gasteiger partial charge in [0, 0.05) is 16.1 Å². The fourth-order valence-electron chi connectivity index (χ4n) is 1.72. The van der Waals surface area contributed by atoms with E-state index in [2.05, 4.69) is 15.9 Å². The second kappa shape index (κ2) is 6.03. The molecule has 0 aliphatic heterocycles. The predicted molar refractivity (Wildman–Crippen MR) is 76.9 cm³/mol. The van der Waals surface area contributed by atoms with Gasteiger partial charge in [-0.05, 0) is 24.3 Å². The first-order chi connectivity index (χ1) is 9.79. The molecule has 0 aliphatic carbocycles. The summed E-state index contributed by atoms with van der Waals surface area (Å²) in [7, 11) is -4.17. The zero-order chi connectivity index (χ0) is 15.6. The summed E-state index contributed by atoms with van der Waals surface area (Å²) in [6.45, 7) is 0. The van der Waals surface area contributed by atoms with Gasteiger partial charge in [-0.2, -0.15) is 0 Å². The molecule has 0 aromatic heterocycles. The third-order valence-electron chi connectivity index (χ3n) is 2.70. The number of rotatable bonds is 4. The van der Waals surface area contributed by atoms with Gasteiger partial charge >= 0.3 is 0 Å². The Morgan fingerprint density at radius 1 is 1.10 bits per heavy atom. The number of halogens is 3. The highest BCUT2D eigenvalue weighted by molar-refractivity contribution is 9.10. The summed E-state index contributed by atoms with van der Waals surface area (Å²) in [4.78, 5) is 11.3. The number of benzene rings is 2. The highest BCUT2D eigenvalue weighted by Crippen LogP contribution is 2.19. The monoisotopic (exact) mass is 374 g/mol. The van der Waals surface area contributed by atoms with Crippen LogP contribution in [0.15, 0.2) is 51.8 Å². The van der Waals surface area contributed by atoms with E-state index in [4.69, 9.17) is 0 Å². The van der Waals surface area contributed by atoms with E-state index >= 15 is 0 Å². The summed E-state index contributed by atoms with van der Waals surface area (Å²) in [6.07, 6.45) is 0. The lowest BCUT2D eigenvalue weighted by molar-refractivity contribution is 0.102. The van der Waals surface area contributed by atoms with Gasteiger partial charge in [-0.1, -0.05) is 28.1 Å². The molecule has 2 aromatic carbocycles. The largest absolute Gasteiger partial charge is 0.293 e. The quantitative estimate of drug-likeness (QED) is 0.608. The van der Waals surface area contributed by atoms with Gasteiger partial charge in [0.15, 0.2) is 15.6 Å². The summed E-state index contributed by atoms with van der Waals surface area (Å²) in [5, 5.41) is 0. The predicted octanol–water partition coefficient (Wildman–Crippen LogP) is 3.38. The lowest BCUT2D eigenvalue weighted by Gasteiger charge is -2.06. The number of hydrogen-bond donors (Lipinski definition) is 0. The van der Waals surface area contributed by atoms with Crippen LogP contribution in [-0.2, 0) is 9.84 Å². The van der Waals surface area contributed by atoms with Crippen LogP contribution >= 0.6 is 15.9 Å². The molecule has 0 aliphatic rings. The Morgan fingerprint density at radius 3 is 2.43 bits per heavy atom. The minimum Gasteiger partial charge on any atom is -0.293 e. The smallest absolute Gasteiger partial charge is 0.188 e. The number of carbonyl (C=O) groups is 1. The van der Waals surface area contributed by atoms with Crippen LogP contribution in [0, 0.1) is 11.6 Å². The maximum Gasteiger partial charge on any atom is 0.188 e. The van der Waals surface area contributed by atoms with Crippen LogP contribution in [0.1, 0.15) is 10.4 Å². The number of carbonyl (C=O) groups excluding carboxylic acids is 1. The minimum atomic E-state index is -4.17. The molecular weight excluding hydrogens is 366 g/mol. The van der Waals surface area contributed by atoms with E-state index in [1.807, 2.05) is 0 Å². The van der Waals surface area contributed by atoms with Crippen molar-refractivity contribution in [3.8, 4) is 0 Å². The fourth-order valence-corrected chi connectivity index (χ4v) is 3.42. The molecule has 0 amide bonds. The van der Waals surface area contributed by atoms with E-state index < -0.39 is 37.9 Å². The van der Waals surface area contributed by atoms with E-state index in [9.17, 15) is 22.0 Å². The van der Waals surface area contributed by atoms with Crippen molar-refractivity contribution < 1.29 is 22.0 Å². The van der Waals surface area contributed by atoms with Gasteiger partial charge in [-0.25, -0.2) is 17.2 Å². The van der Waals surface area contributed by atoms with Gasteiger partial charge in [-0.3, -0.25) is 4.79 Å². The zero-order valence-electron chi connectivity index (χ0n) is 10.5. The number of Topliss-reactive ketones (excluding diaryl/α,β-unsaturated/α-hetero) is 1. The molecule has 0 spiro atoms. The van der Waals surface area contributed by atoms with E-state index in [0.29, 0.717) is 10.5 Å². The highest BCUT2D eigenvalue weighted by Gasteiger charge is 2.24. The molecule has 0 fully saturated rings. The average molecular weight is 375 g/mol. The van der Waals surface area contributed by atoms with Gasteiger partial charge in [0.2, 0.25) is 0 Å². The Labute approximate surface area is 128 Å². The number of sulfone groups is 1.